The van der Waals surface area contributed by atoms with E-state index < -0.39 is 5.97 Å². The van der Waals surface area contributed by atoms with Gasteiger partial charge in [0.15, 0.2) is 5.69 Å². The van der Waals surface area contributed by atoms with Crippen molar-refractivity contribution < 1.29 is 14.7 Å². The number of rotatable bonds is 8. The molecule has 0 aliphatic heterocycles. The quantitative estimate of drug-likeness (QED) is 0.639. The minimum atomic E-state index is -1.05. The number of nitrogens with zero attached hydrogens (tertiary/aromatic N) is 1. The Morgan fingerprint density at radius 3 is 2.74 bits per heavy atom. The number of urea groups is 1. The molecule has 7 heteroatoms. The monoisotopic (exact) mass is 285 g/mol. The number of hydrogen-bond donors (Lipinski definition) is 3. The number of hydrogen-bond acceptors (Lipinski definition) is 4. The molecule has 0 aliphatic carbocycles. The fourth-order valence-corrected chi connectivity index (χ4v) is 2.17. The van der Waals surface area contributed by atoms with Gasteiger partial charge in [-0.3, -0.25) is 0 Å². The maximum Gasteiger partial charge on any atom is 0.355 e. The predicted molar refractivity (Wildman–Crippen MR) is 73.5 cm³/mol. The summed E-state index contributed by atoms with van der Waals surface area (Å²) in [6.45, 7) is 3.04. The second-order valence-electron chi connectivity index (χ2n) is 4.10. The second-order valence-corrected chi connectivity index (χ2v) is 5.04. The Morgan fingerprint density at radius 2 is 2.11 bits per heavy atom. The zero-order chi connectivity index (χ0) is 14.1. The fraction of sp³-hybridized carbons (Fsp3) is 0.583. The van der Waals surface area contributed by atoms with Gasteiger partial charge >= 0.3 is 12.0 Å². The summed E-state index contributed by atoms with van der Waals surface area (Å²) in [5, 5.41) is 16.1. The van der Waals surface area contributed by atoms with E-state index in [0.29, 0.717) is 11.6 Å². The molecule has 0 atom stereocenters. The molecule has 106 valence electrons. The maximum atomic E-state index is 11.4. The van der Waals surface area contributed by atoms with Gasteiger partial charge in [-0.1, -0.05) is 26.2 Å². The van der Waals surface area contributed by atoms with Gasteiger partial charge in [0.1, 0.15) is 5.01 Å². The van der Waals surface area contributed by atoms with E-state index >= 15 is 0 Å². The highest BCUT2D eigenvalue weighted by atomic mass is 32.1. The van der Waals surface area contributed by atoms with Crippen LogP contribution in [-0.4, -0.2) is 28.6 Å². The summed E-state index contributed by atoms with van der Waals surface area (Å²) in [5.41, 5.74) is 0.0155. The van der Waals surface area contributed by atoms with Gasteiger partial charge in [-0.15, -0.1) is 11.3 Å². The molecule has 0 saturated heterocycles. The molecule has 0 saturated carbocycles. The van der Waals surface area contributed by atoms with E-state index in [1.165, 1.54) is 29.6 Å². The Hall–Kier alpha value is -1.63. The van der Waals surface area contributed by atoms with Gasteiger partial charge in [0, 0.05) is 11.9 Å². The zero-order valence-corrected chi connectivity index (χ0v) is 11.8. The highest BCUT2D eigenvalue weighted by molar-refractivity contribution is 7.09. The molecule has 19 heavy (non-hydrogen) atoms. The van der Waals surface area contributed by atoms with E-state index in [0.717, 1.165) is 12.8 Å². The summed E-state index contributed by atoms with van der Waals surface area (Å²) in [4.78, 5) is 25.9. The number of carboxylic acids is 1. The molecule has 1 aromatic rings. The molecule has 1 heterocycles. The van der Waals surface area contributed by atoms with Crippen LogP contribution in [0.4, 0.5) is 4.79 Å². The number of carbonyl (C=O) groups excluding carboxylic acids is 1. The second kappa shape index (κ2) is 8.47. The lowest BCUT2D eigenvalue weighted by Crippen LogP contribution is -2.35. The lowest BCUT2D eigenvalue weighted by atomic mass is 10.2. The van der Waals surface area contributed by atoms with Crippen LogP contribution in [0, 0.1) is 0 Å². The Bertz CT molecular complexity index is 420. The summed E-state index contributed by atoms with van der Waals surface area (Å²) in [6.07, 6.45) is 4.44. The smallest absolute Gasteiger partial charge is 0.355 e. The number of thiazole rings is 1. The van der Waals surface area contributed by atoms with Crippen molar-refractivity contribution in [3.05, 3.63) is 16.1 Å². The number of aromatic nitrogens is 1. The van der Waals surface area contributed by atoms with Crippen LogP contribution < -0.4 is 10.6 Å². The highest BCUT2D eigenvalue weighted by Crippen LogP contribution is 2.09. The third kappa shape index (κ3) is 6.19. The molecule has 0 spiro atoms. The minimum absolute atomic E-state index is 0.0155. The average Bonchev–Trinajstić information content (AvgIpc) is 2.85. The molecule has 3 N–H and O–H groups in total. The molecule has 2 amide bonds. The van der Waals surface area contributed by atoms with Gasteiger partial charge in [0.2, 0.25) is 0 Å². The first-order valence-corrected chi connectivity index (χ1v) is 7.20. The molecule has 1 rings (SSSR count). The van der Waals surface area contributed by atoms with Crippen LogP contribution in [0.15, 0.2) is 5.38 Å². The largest absolute Gasteiger partial charge is 0.476 e. The molecule has 6 nitrogen and oxygen atoms in total. The van der Waals surface area contributed by atoms with Gasteiger partial charge < -0.3 is 15.7 Å². The predicted octanol–water partition coefficient (Wildman–Crippen LogP) is 2.22. The van der Waals surface area contributed by atoms with E-state index in [1.54, 1.807) is 0 Å². The van der Waals surface area contributed by atoms with Crippen molar-refractivity contribution in [2.24, 2.45) is 0 Å². The van der Waals surface area contributed by atoms with E-state index in [9.17, 15) is 9.59 Å². The molecular formula is C12H19N3O3S. The van der Waals surface area contributed by atoms with E-state index in [1.807, 2.05) is 0 Å². The van der Waals surface area contributed by atoms with Crippen molar-refractivity contribution in [3.8, 4) is 0 Å². The van der Waals surface area contributed by atoms with Gasteiger partial charge in [-0.2, -0.15) is 0 Å². The van der Waals surface area contributed by atoms with E-state index in [2.05, 4.69) is 22.5 Å². The van der Waals surface area contributed by atoms with Gasteiger partial charge in [0.05, 0.1) is 6.54 Å². The van der Waals surface area contributed by atoms with Crippen molar-refractivity contribution in [1.82, 2.24) is 15.6 Å². The number of carbonyl (C=O) groups is 2. The number of nitrogens with one attached hydrogen (secondary N) is 2. The summed E-state index contributed by atoms with van der Waals surface area (Å²) >= 11 is 1.22. The summed E-state index contributed by atoms with van der Waals surface area (Å²) in [6, 6.07) is -0.247. The minimum Gasteiger partial charge on any atom is -0.476 e. The third-order valence-electron chi connectivity index (χ3n) is 2.49. The average molecular weight is 285 g/mol. The molecule has 0 unspecified atom stereocenters. The number of unbranched alkanes of at least 4 members (excludes halogenated alkanes) is 3. The van der Waals surface area contributed by atoms with Crippen LogP contribution in [0.3, 0.4) is 0 Å². The topological polar surface area (TPSA) is 91.3 Å². The first-order valence-electron chi connectivity index (χ1n) is 6.33. The van der Waals surface area contributed by atoms with E-state index in [-0.39, 0.29) is 18.3 Å². The molecule has 0 aliphatic rings. The Balaban J connectivity index is 2.17. The summed E-state index contributed by atoms with van der Waals surface area (Å²) in [7, 11) is 0. The van der Waals surface area contributed by atoms with Gasteiger partial charge in [-0.25, -0.2) is 14.6 Å². The van der Waals surface area contributed by atoms with Crippen molar-refractivity contribution in [1.29, 1.82) is 0 Å². The molecule has 0 fully saturated rings. The number of carboxylic acid groups (broad SMARTS) is 1. The first kappa shape index (κ1) is 15.4. The normalized spacial score (nSPS) is 10.2. The van der Waals surface area contributed by atoms with Crippen LogP contribution in [0.2, 0.25) is 0 Å². The molecule has 0 aromatic carbocycles. The maximum absolute atomic E-state index is 11.4. The molecule has 0 bridgehead atoms. The van der Waals surface area contributed by atoms with Crippen LogP contribution in [0.5, 0.6) is 0 Å². The number of amides is 2. The van der Waals surface area contributed by atoms with Crippen LogP contribution >= 0.6 is 11.3 Å². The zero-order valence-electron chi connectivity index (χ0n) is 10.9. The fourth-order valence-electron chi connectivity index (χ4n) is 1.46. The highest BCUT2D eigenvalue weighted by Gasteiger charge is 2.09. The van der Waals surface area contributed by atoms with Gasteiger partial charge in [-0.05, 0) is 6.42 Å². The van der Waals surface area contributed by atoms with Crippen LogP contribution in [-0.2, 0) is 6.54 Å². The van der Waals surface area contributed by atoms with Crippen molar-refractivity contribution in [3.63, 3.8) is 0 Å². The third-order valence-corrected chi connectivity index (χ3v) is 3.34. The van der Waals surface area contributed by atoms with Crippen molar-refractivity contribution in [2.45, 2.75) is 39.2 Å². The first-order chi connectivity index (χ1) is 9.13. The van der Waals surface area contributed by atoms with Crippen LogP contribution in [0.25, 0.3) is 0 Å². The van der Waals surface area contributed by atoms with Crippen molar-refractivity contribution >= 4 is 23.3 Å². The lowest BCUT2D eigenvalue weighted by Gasteiger charge is -2.05. The summed E-state index contributed by atoms with van der Waals surface area (Å²) < 4.78 is 0. The lowest BCUT2D eigenvalue weighted by molar-refractivity contribution is 0.0691. The number of aromatic carboxylic acids is 1. The van der Waals surface area contributed by atoms with E-state index in [4.69, 9.17) is 5.11 Å². The molecule has 0 radical (unpaired) electrons. The molecule has 1 aromatic heterocycles. The van der Waals surface area contributed by atoms with Crippen LogP contribution in [0.1, 0.15) is 48.1 Å². The van der Waals surface area contributed by atoms with Gasteiger partial charge in [0.25, 0.3) is 0 Å². The SMILES string of the molecule is CCCCCCNC(=O)NCc1nc(C(=O)O)cs1. The molecular weight excluding hydrogens is 266 g/mol. The van der Waals surface area contributed by atoms with Crippen molar-refractivity contribution in [2.75, 3.05) is 6.54 Å². The Morgan fingerprint density at radius 1 is 1.32 bits per heavy atom. The summed E-state index contributed by atoms with van der Waals surface area (Å²) in [5.74, 6) is -1.05. The Kier molecular flexibility index (Phi) is 6.88. The Labute approximate surface area is 116 Å². The standard InChI is InChI=1S/C12H19N3O3S/c1-2-3-4-5-6-13-12(18)14-7-10-15-9(8-19-10)11(16)17/h8H,2-7H2,1H3,(H,16,17)(H2,13,14,18).